The SMILES string of the molecule is COC(=O)c1ccc(NC(=O)CSc2nnc3cc(C)nc(C)n23)cc1. The van der Waals surface area contributed by atoms with Crippen molar-refractivity contribution in [1.82, 2.24) is 19.6 Å². The summed E-state index contributed by atoms with van der Waals surface area (Å²) in [5, 5.41) is 11.6. The number of hydrogen-bond acceptors (Lipinski definition) is 7. The van der Waals surface area contributed by atoms with Crippen LogP contribution in [0.3, 0.4) is 0 Å². The molecule has 0 saturated heterocycles. The van der Waals surface area contributed by atoms with Gasteiger partial charge in [0.25, 0.3) is 0 Å². The molecule has 1 aromatic carbocycles. The first-order valence-corrected chi connectivity index (χ1v) is 8.77. The number of thioether (sulfide) groups is 1. The van der Waals surface area contributed by atoms with Crippen molar-refractivity contribution in [2.75, 3.05) is 18.2 Å². The fraction of sp³-hybridized carbons (Fsp3) is 0.235. The van der Waals surface area contributed by atoms with E-state index in [1.807, 2.05) is 24.3 Å². The Balaban J connectivity index is 1.63. The molecular weight excluding hydrogens is 354 g/mol. The first-order valence-electron chi connectivity index (χ1n) is 7.78. The summed E-state index contributed by atoms with van der Waals surface area (Å²) in [5.41, 5.74) is 2.60. The second-order valence-electron chi connectivity index (χ2n) is 5.53. The molecule has 0 atom stereocenters. The maximum Gasteiger partial charge on any atom is 0.337 e. The lowest BCUT2D eigenvalue weighted by Gasteiger charge is -2.06. The quantitative estimate of drug-likeness (QED) is 0.542. The maximum absolute atomic E-state index is 12.2. The van der Waals surface area contributed by atoms with Gasteiger partial charge in [-0.05, 0) is 38.1 Å². The number of ether oxygens (including phenoxy) is 1. The van der Waals surface area contributed by atoms with Crippen LogP contribution >= 0.6 is 11.8 Å². The summed E-state index contributed by atoms with van der Waals surface area (Å²) in [6.45, 7) is 3.77. The fourth-order valence-electron chi connectivity index (χ4n) is 2.43. The topological polar surface area (TPSA) is 98.5 Å². The largest absolute Gasteiger partial charge is 0.465 e. The summed E-state index contributed by atoms with van der Waals surface area (Å²) in [6.07, 6.45) is 0. The van der Waals surface area contributed by atoms with Crippen LogP contribution < -0.4 is 5.32 Å². The molecule has 8 nitrogen and oxygen atoms in total. The number of benzene rings is 1. The minimum Gasteiger partial charge on any atom is -0.465 e. The van der Waals surface area contributed by atoms with Gasteiger partial charge < -0.3 is 10.1 Å². The molecule has 0 aliphatic heterocycles. The predicted molar refractivity (Wildman–Crippen MR) is 97.4 cm³/mol. The van der Waals surface area contributed by atoms with Crippen LogP contribution in [0.15, 0.2) is 35.5 Å². The van der Waals surface area contributed by atoms with E-state index in [-0.39, 0.29) is 11.7 Å². The molecule has 2 heterocycles. The van der Waals surface area contributed by atoms with Crippen LogP contribution in [0, 0.1) is 13.8 Å². The van der Waals surface area contributed by atoms with Gasteiger partial charge in [0.15, 0.2) is 10.8 Å². The Kier molecular flexibility index (Phi) is 5.17. The van der Waals surface area contributed by atoms with Crippen molar-refractivity contribution in [3.63, 3.8) is 0 Å². The average Bonchev–Trinajstić information content (AvgIpc) is 3.03. The number of nitrogens with zero attached hydrogens (tertiary/aromatic N) is 4. The molecule has 2 aromatic heterocycles. The van der Waals surface area contributed by atoms with Crippen LogP contribution in [0.4, 0.5) is 5.69 Å². The van der Waals surface area contributed by atoms with Crippen molar-refractivity contribution in [3.05, 3.63) is 47.4 Å². The third-order valence-corrected chi connectivity index (χ3v) is 4.51. The molecular formula is C17H17N5O3S. The summed E-state index contributed by atoms with van der Waals surface area (Å²) in [4.78, 5) is 28.0. The molecule has 3 rings (SSSR count). The maximum atomic E-state index is 12.2. The number of aromatic nitrogens is 4. The molecule has 1 amide bonds. The number of aryl methyl sites for hydroxylation is 2. The van der Waals surface area contributed by atoms with E-state index in [9.17, 15) is 9.59 Å². The van der Waals surface area contributed by atoms with Crippen molar-refractivity contribution >= 4 is 35.0 Å². The van der Waals surface area contributed by atoms with Gasteiger partial charge in [-0.25, -0.2) is 9.78 Å². The van der Waals surface area contributed by atoms with E-state index in [1.165, 1.54) is 18.9 Å². The number of carbonyl (C=O) groups excluding carboxylic acids is 2. The second-order valence-corrected chi connectivity index (χ2v) is 6.47. The smallest absolute Gasteiger partial charge is 0.337 e. The predicted octanol–water partition coefficient (Wildman–Crippen LogP) is 2.26. The lowest BCUT2D eigenvalue weighted by Crippen LogP contribution is -2.14. The molecule has 0 spiro atoms. The van der Waals surface area contributed by atoms with Crippen LogP contribution in [0.5, 0.6) is 0 Å². The second kappa shape index (κ2) is 7.52. The summed E-state index contributed by atoms with van der Waals surface area (Å²) in [5.74, 6) is 0.338. The van der Waals surface area contributed by atoms with E-state index in [4.69, 9.17) is 0 Å². The standard InChI is InChI=1S/C17H17N5O3S/c1-10-8-14-20-21-17(22(14)11(2)18-10)26-9-15(23)19-13-6-4-12(5-7-13)16(24)25-3/h4-8H,9H2,1-3H3,(H,19,23). The Morgan fingerprint density at radius 3 is 2.62 bits per heavy atom. The highest BCUT2D eigenvalue weighted by Crippen LogP contribution is 2.19. The van der Waals surface area contributed by atoms with E-state index in [1.54, 1.807) is 24.3 Å². The molecule has 9 heteroatoms. The van der Waals surface area contributed by atoms with E-state index >= 15 is 0 Å². The molecule has 3 aromatic rings. The summed E-state index contributed by atoms with van der Waals surface area (Å²) in [6, 6.07) is 8.33. The molecule has 0 bridgehead atoms. The van der Waals surface area contributed by atoms with Gasteiger partial charge >= 0.3 is 5.97 Å². The average molecular weight is 371 g/mol. The van der Waals surface area contributed by atoms with Crippen LogP contribution in [-0.2, 0) is 9.53 Å². The zero-order valence-corrected chi connectivity index (χ0v) is 15.3. The molecule has 0 aliphatic rings. The van der Waals surface area contributed by atoms with Crippen molar-refractivity contribution < 1.29 is 14.3 Å². The van der Waals surface area contributed by atoms with E-state index in [0.29, 0.717) is 22.1 Å². The van der Waals surface area contributed by atoms with E-state index < -0.39 is 5.97 Å². The lowest BCUT2D eigenvalue weighted by molar-refractivity contribution is -0.113. The minimum absolute atomic E-state index is 0.173. The van der Waals surface area contributed by atoms with Gasteiger partial charge in [-0.1, -0.05) is 11.8 Å². The highest BCUT2D eigenvalue weighted by atomic mass is 32.2. The van der Waals surface area contributed by atoms with E-state index in [2.05, 4.69) is 25.2 Å². The molecule has 26 heavy (non-hydrogen) atoms. The zero-order valence-electron chi connectivity index (χ0n) is 14.5. The van der Waals surface area contributed by atoms with Crippen molar-refractivity contribution in [2.45, 2.75) is 19.0 Å². The van der Waals surface area contributed by atoms with E-state index in [0.717, 1.165) is 11.5 Å². The molecule has 1 N–H and O–H groups in total. The molecule has 0 saturated carbocycles. The van der Waals surface area contributed by atoms with Gasteiger partial charge in [0.1, 0.15) is 5.82 Å². The number of nitrogens with one attached hydrogen (secondary N) is 1. The van der Waals surface area contributed by atoms with Gasteiger partial charge in [-0.2, -0.15) is 0 Å². The summed E-state index contributed by atoms with van der Waals surface area (Å²) in [7, 11) is 1.32. The van der Waals surface area contributed by atoms with Crippen LogP contribution in [-0.4, -0.2) is 44.3 Å². The number of amides is 1. The first kappa shape index (κ1) is 17.9. The number of anilines is 1. The Morgan fingerprint density at radius 1 is 1.19 bits per heavy atom. The summed E-state index contributed by atoms with van der Waals surface area (Å²) >= 11 is 1.28. The number of hydrogen-bond donors (Lipinski definition) is 1. The highest BCUT2D eigenvalue weighted by Gasteiger charge is 2.12. The number of esters is 1. The third-order valence-electron chi connectivity index (χ3n) is 3.58. The minimum atomic E-state index is -0.420. The monoisotopic (exact) mass is 371 g/mol. The van der Waals surface area contributed by atoms with Gasteiger partial charge in [-0.3, -0.25) is 9.20 Å². The lowest BCUT2D eigenvalue weighted by atomic mass is 10.2. The number of fused-ring (bicyclic) bond motifs is 1. The zero-order chi connectivity index (χ0) is 18.7. The molecule has 0 unspecified atom stereocenters. The number of methoxy groups -OCH3 is 1. The summed E-state index contributed by atoms with van der Waals surface area (Å²) < 4.78 is 6.45. The fourth-order valence-corrected chi connectivity index (χ4v) is 3.22. The Labute approximate surface area is 154 Å². The van der Waals surface area contributed by atoms with Gasteiger partial charge in [0.2, 0.25) is 5.91 Å². The van der Waals surface area contributed by atoms with Gasteiger partial charge in [0, 0.05) is 17.4 Å². The first-order chi connectivity index (χ1) is 12.5. The molecule has 134 valence electrons. The number of carbonyl (C=O) groups is 2. The van der Waals surface area contributed by atoms with Gasteiger partial charge in [0.05, 0.1) is 18.4 Å². The Morgan fingerprint density at radius 2 is 1.92 bits per heavy atom. The van der Waals surface area contributed by atoms with Crippen LogP contribution in [0.25, 0.3) is 5.65 Å². The van der Waals surface area contributed by atoms with Crippen molar-refractivity contribution in [3.8, 4) is 0 Å². The number of rotatable bonds is 5. The van der Waals surface area contributed by atoms with Crippen molar-refractivity contribution in [2.24, 2.45) is 0 Å². The third kappa shape index (κ3) is 3.83. The highest BCUT2D eigenvalue weighted by molar-refractivity contribution is 7.99. The Hall–Kier alpha value is -2.94. The van der Waals surface area contributed by atoms with Crippen LogP contribution in [0.2, 0.25) is 0 Å². The van der Waals surface area contributed by atoms with Gasteiger partial charge in [-0.15, -0.1) is 10.2 Å². The molecule has 0 fully saturated rings. The normalized spacial score (nSPS) is 10.7. The molecule has 0 aliphatic carbocycles. The van der Waals surface area contributed by atoms with Crippen LogP contribution in [0.1, 0.15) is 21.9 Å². The molecule has 0 radical (unpaired) electrons. The van der Waals surface area contributed by atoms with Crippen molar-refractivity contribution in [1.29, 1.82) is 0 Å². The Bertz CT molecular complexity index is 968.